The molecule has 0 radical (unpaired) electrons. The van der Waals surface area contributed by atoms with Gasteiger partial charge in [-0.3, -0.25) is 10.1 Å². The third kappa shape index (κ3) is 1.96. The molecule has 6 heteroatoms. The molecule has 86 valence electrons. The van der Waals surface area contributed by atoms with E-state index in [1.807, 2.05) is 11.9 Å². The Bertz CT molecular complexity index is 396. The molecule has 1 N–H and O–H groups in total. The minimum absolute atomic E-state index is 0.0826. The van der Waals surface area contributed by atoms with Gasteiger partial charge in [-0.2, -0.15) is 0 Å². The molecule has 0 amide bonds. The Labute approximate surface area is 93.4 Å². The second kappa shape index (κ2) is 4.44. The van der Waals surface area contributed by atoms with Gasteiger partial charge in [0.15, 0.2) is 0 Å². The summed E-state index contributed by atoms with van der Waals surface area (Å²) in [6.07, 6.45) is 2.58. The van der Waals surface area contributed by atoms with E-state index >= 15 is 0 Å². The first-order valence-corrected chi connectivity index (χ1v) is 5.24. The van der Waals surface area contributed by atoms with Gasteiger partial charge in [0, 0.05) is 31.4 Å². The van der Waals surface area contributed by atoms with Crippen LogP contribution in [0.15, 0.2) is 18.3 Å². The van der Waals surface area contributed by atoms with E-state index in [1.54, 1.807) is 12.3 Å². The van der Waals surface area contributed by atoms with Crippen LogP contribution < -0.4 is 10.2 Å². The van der Waals surface area contributed by atoms with Crippen molar-refractivity contribution >= 4 is 11.5 Å². The van der Waals surface area contributed by atoms with Crippen LogP contribution >= 0.6 is 0 Å². The molecule has 0 aromatic carbocycles. The molecule has 6 nitrogen and oxygen atoms in total. The van der Waals surface area contributed by atoms with Crippen LogP contribution in [0.1, 0.15) is 6.42 Å². The lowest BCUT2D eigenvalue weighted by molar-refractivity contribution is -0.384. The molecule has 2 heterocycles. The van der Waals surface area contributed by atoms with Gasteiger partial charge in [0.25, 0.3) is 0 Å². The van der Waals surface area contributed by atoms with Gasteiger partial charge in [-0.1, -0.05) is 0 Å². The van der Waals surface area contributed by atoms with E-state index < -0.39 is 0 Å². The first-order chi connectivity index (χ1) is 7.72. The van der Waals surface area contributed by atoms with E-state index in [-0.39, 0.29) is 10.6 Å². The first kappa shape index (κ1) is 10.8. The van der Waals surface area contributed by atoms with E-state index in [0.717, 1.165) is 19.5 Å². The molecule has 2 rings (SSSR count). The van der Waals surface area contributed by atoms with E-state index in [2.05, 4.69) is 10.3 Å². The molecule has 1 saturated heterocycles. The van der Waals surface area contributed by atoms with Gasteiger partial charge in [0.2, 0.25) is 5.82 Å². The fraction of sp³-hybridized carbons (Fsp3) is 0.500. The van der Waals surface area contributed by atoms with Crippen molar-refractivity contribution in [1.82, 2.24) is 10.3 Å². The van der Waals surface area contributed by atoms with Crippen LogP contribution in [0.3, 0.4) is 0 Å². The number of rotatable bonds is 3. The molecule has 16 heavy (non-hydrogen) atoms. The van der Waals surface area contributed by atoms with Gasteiger partial charge >= 0.3 is 5.69 Å². The summed E-state index contributed by atoms with van der Waals surface area (Å²) in [6.45, 7) is 1.58. The van der Waals surface area contributed by atoms with Crippen molar-refractivity contribution in [2.45, 2.75) is 12.5 Å². The first-order valence-electron chi connectivity index (χ1n) is 5.24. The van der Waals surface area contributed by atoms with Crippen LogP contribution in [-0.2, 0) is 0 Å². The summed E-state index contributed by atoms with van der Waals surface area (Å²) in [6, 6.07) is 3.48. The highest BCUT2D eigenvalue weighted by molar-refractivity contribution is 5.57. The monoisotopic (exact) mass is 222 g/mol. The van der Waals surface area contributed by atoms with Gasteiger partial charge in [-0.05, 0) is 19.5 Å². The second-order valence-corrected chi connectivity index (χ2v) is 3.82. The molecule has 1 aliphatic heterocycles. The van der Waals surface area contributed by atoms with Crippen molar-refractivity contribution in [2.75, 3.05) is 25.0 Å². The molecular weight excluding hydrogens is 208 g/mol. The number of pyridine rings is 1. The number of nitrogens with one attached hydrogen (secondary N) is 1. The van der Waals surface area contributed by atoms with E-state index in [4.69, 9.17) is 0 Å². The van der Waals surface area contributed by atoms with Crippen LogP contribution in [0.4, 0.5) is 11.5 Å². The van der Waals surface area contributed by atoms with Gasteiger partial charge in [0.1, 0.15) is 0 Å². The lowest BCUT2D eigenvalue weighted by Crippen LogP contribution is -2.30. The smallest absolute Gasteiger partial charge is 0.311 e. The second-order valence-electron chi connectivity index (χ2n) is 3.82. The fourth-order valence-corrected chi connectivity index (χ4v) is 1.96. The fourth-order valence-electron chi connectivity index (χ4n) is 1.96. The zero-order valence-electron chi connectivity index (χ0n) is 9.09. The van der Waals surface area contributed by atoms with Crippen molar-refractivity contribution in [3.63, 3.8) is 0 Å². The van der Waals surface area contributed by atoms with Gasteiger partial charge < -0.3 is 10.2 Å². The van der Waals surface area contributed by atoms with E-state index in [9.17, 15) is 10.1 Å². The molecule has 1 atom stereocenters. The topological polar surface area (TPSA) is 71.3 Å². The normalized spacial score (nSPS) is 20.1. The zero-order chi connectivity index (χ0) is 11.5. The third-order valence-electron chi connectivity index (χ3n) is 2.86. The number of nitrogens with zero attached hydrogens (tertiary/aromatic N) is 3. The zero-order valence-corrected chi connectivity index (χ0v) is 9.09. The van der Waals surface area contributed by atoms with Crippen molar-refractivity contribution in [2.24, 2.45) is 0 Å². The predicted octanol–water partition coefficient (Wildman–Crippen LogP) is 0.788. The largest absolute Gasteiger partial charge is 0.349 e. The highest BCUT2D eigenvalue weighted by Gasteiger charge is 2.27. The van der Waals surface area contributed by atoms with E-state index in [1.165, 1.54) is 6.07 Å². The molecule has 1 aromatic rings. The summed E-state index contributed by atoms with van der Waals surface area (Å²) in [5.41, 5.74) is 0.0826. The standard InChI is InChI=1S/C10H14N4O2/c1-11-8-4-6-13(7-8)10-9(14(15)16)3-2-5-12-10/h2-3,5,8,11H,4,6-7H2,1H3. The molecule has 0 aliphatic carbocycles. The van der Waals surface area contributed by atoms with Gasteiger partial charge in [-0.15, -0.1) is 0 Å². The molecule has 0 saturated carbocycles. The maximum Gasteiger partial charge on any atom is 0.311 e. The van der Waals surface area contributed by atoms with Crippen LogP contribution in [0, 0.1) is 10.1 Å². The number of hydrogen-bond acceptors (Lipinski definition) is 5. The summed E-state index contributed by atoms with van der Waals surface area (Å²) >= 11 is 0. The Morgan fingerprint density at radius 2 is 2.50 bits per heavy atom. The molecule has 1 fully saturated rings. The minimum Gasteiger partial charge on any atom is -0.349 e. The summed E-state index contributed by atoms with van der Waals surface area (Å²) in [4.78, 5) is 16.5. The van der Waals surface area contributed by atoms with Crippen LogP contribution in [0.2, 0.25) is 0 Å². The van der Waals surface area contributed by atoms with Crippen molar-refractivity contribution < 1.29 is 4.92 Å². The van der Waals surface area contributed by atoms with Gasteiger partial charge in [0.05, 0.1) is 4.92 Å². The molecule has 0 bridgehead atoms. The number of aromatic nitrogens is 1. The lowest BCUT2D eigenvalue weighted by Gasteiger charge is -2.16. The summed E-state index contributed by atoms with van der Waals surface area (Å²) < 4.78 is 0. The molecule has 0 spiro atoms. The minimum atomic E-state index is -0.380. The average Bonchev–Trinajstić information content (AvgIpc) is 2.77. The van der Waals surface area contributed by atoms with Crippen LogP contribution in [0.25, 0.3) is 0 Å². The highest BCUT2D eigenvalue weighted by atomic mass is 16.6. The predicted molar refractivity (Wildman–Crippen MR) is 60.6 cm³/mol. The maximum atomic E-state index is 10.9. The van der Waals surface area contributed by atoms with Crippen LogP contribution in [0.5, 0.6) is 0 Å². The van der Waals surface area contributed by atoms with E-state index in [0.29, 0.717) is 11.9 Å². The Hall–Kier alpha value is -1.69. The molecular formula is C10H14N4O2. The van der Waals surface area contributed by atoms with Crippen molar-refractivity contribution in [3.8, 4) is 0 Å². The third-order valence-corrected chi connectivity index (χ3v) is 2.86. The molecule has 1 aliphatic rings. The Kier molecular flexibility index (Phi) is 3.00. The lowest BCUT2D eigenvalue weighted by atomic mass is 10.3. The summed E-state index contributed by atoms with van der Waals surface area (Å²) in [5, 5.41) is 14.0. The number of nitro groups is 1. The quantitative estimate of drug-likeness (QED) is 0.604. The number of anilines is 1. The Balaban J connectivity index is 2.24. The van der Waals surface area contributed by atoms with Gasteiger partial charge in [-0.25, -0.2) is 4.98 Å². The number of hydrogen-bond donors (Lipinski definition) is 1. The maximum absolute atomic E-state index is 10.9. The Morgan fingerprint density at radius 1 is 1.69 bits per heavy atom. The summed E-state index contributed by atoms with van der Waals surface area (Å²) in [7, 11) is 1.90. The average molecular weight is 222 g/mol. The SMILES string of the molecule is CNC1CCN(c2ncccc2[N+](=O)[O-])C1. The van der Waals surface area contributed by atoms with Crippen molar-refractivity contribution in [3.05, 3.63) is 28.4 Å². The highest BCUT2D eigenvalue weighted by Crippen LogP contribution is 2.27. The molecule has 1 aromatic heterocycles. The Morgan fingerprint density at radius 3 is 3.12 bits per heavy atom. The number of likely N-dealkylation sites (N-methyl/N-ethyl adjacent to an activating group) is 1. The molecule has 1 unspecified atom stereocenters. The summed E-state index contributed by atoms with van der Waals surface area (Å²) in [5.74, 6) is 0.477. The van der Waals surface area contributed by atoms with Crippen molar-refractivity contribution in [1.29, 1.82) is 0 Å². The van der Waals surface area contributed by atoms with Crippen LogP contribution in [-0.4, -0.2) is 36.1 Å².